The van der Waals surface area contributed by atoms with Gasteiger partial charge in [0, 0.05) is 11.4 Å². The summed E-state index contributed by atoms with van der Waals surface area (Å²) in [5.41, 5.74) is -12.6. The highest BCUT2D eigenvalue weighted by atomic mass is 32.2. The van der Waals surface area contributed by atoms with Crippen molar-refractivity contribution in [1.29, 1.82) is 0 Å². The summed E-state index contributed by atoms with van der Waals surface area (Å²) in [6.07, 6.45) is -0.732. The highest BCUT2D eigenvalue weighted by Gasteiger charge is 2.51. The van der Waals surface area contributed by atoms with Gasteiger partial charge < -0.3 is 17.2 Å². The van der Waals surface area contributed by atoms with Crippen molar-refractivity contribution in [3.63, 3.8) is 0 Å². The number of carbonyl (C=O) groups is 1. The van der Waals surface area contributed by atoms with Crippen molar-refractivity contribution in [3.8, 4) is 11.5 Å². The molecule has 0 saturated carbocycles. The minimum absolute atomic E-state index is 0.00915. The lowest BCUT2D eigenvalue weighted by atomic mass is 10.0. The minimum Gasteiger partial charge on any atom is -0.410 e. The summed E-state index contributed by atoms with van der Waals surface area (Å²) in [5.74, 6) is -4.11. The molecule has 0 bridgehead atoms. The Morgan fingerprint density at radius 2 is 0.859 bits per heavy atom. The van der Waals surface area contributed by atoms with Crippen LogP contribution in [0.3, 0.4) is 0 Å². The molecular formula is C43H54F6N2O9S2Si2. The van der Waals surface area contributed by atoms with E-state index >= 15 is 0 Å². The smallest absolute Gasteiger partial charge is 0.410 e. The van der Waals surface area contributed by atoms with Gasteiger partial charge in [0.25, 0.3) is 0 Å². The first-order valence-electron chi connectivity index (χ1n) is 20.2. The summed E-state index contributed by atoms with van der Waals surface area (Å²) in [6, 6.07) is 21.9. The van der Waals surface area contributed by atoms with Gasteiger partial charge in [0.15, 0.2) is 39.5 Å². The van der Waals surface area contributed by atoms with Gasteiger partial charge in [-0.05, 0) is 97.3 Å². The molecule has 0 saturated heterocycles. The molecule has 0 aliphatic rings. The maximum Gasteiger partial charge on any atom is 0.534 e. The Kier molecular flexibility index (Phi) is 15.9. The molecule has 2 unspecified atom stereocenters. The summed E-state index contributed by atoms with van der Waals surface area (Å²) in [6.45, 7) is 20.4. The van der Waals surface area contributed by atoms with Gasteiger partial charge in [-0.25, -0.2) is 9.97 Å². The summed E-state index contributed by atoms with van der Waals surface area (Å²) in [5, 5.41) is -0.441. The van der Waals surface area contributed by atoms with E-state index in [2.05, 4.69) is 18.3 Å². The first-order chi connectivity index (χ1) is 29.2. The summed E-state index contributed by atoms with van der Waals surface area (Å²) < 4.78 is 153. The fourth-order valence-corrected chi connectivity index (χ4v) is 9.27. The Hall–Kier alpha value is -4.16. The predicted molar refractivity (Wildman–Crippen MR) is 235 cm³/mol. The fraction of sp³-hybridized carbons (Fsp3) is 0.465. The number of carbonyl (C=O) groups excluding carboxylic acids is 1. The third-order valence-electron chi connectivity index (χ3n) is 11.4. The third kappa shape index (κ3) is 13.0. The number of benzene rings is 2. The van der Waals surface area contributed by atoms with Gasteiger partial charge in [-0.2, -0.15) is 43.2 Å². The summed E-state index contributed by atoms with van der Waals surface area (Å²) >= 11 is 0. The van der Waals surface area contributed by atoms with Crippen molar-refractivity contribution in [1.82, 2.24) is 9.97 Å². The van der Waals surface area contributed by atoms with Crippen LogP contribution in [0.4, 0.5) is 26.3 Å². The summed E-state index contributed by atoms with van der Waals surface area (Å²) in [4.78, 5) is 22.9. The van der Waals surface area contributed by atoms with Crippen LogP contribution in [0.15, 0.2) is 84.9 Å². The van der Waals surface area contributed by atoms with Crippen molar-refractivity contribution in [3.05, 3.63) is 119 Å². The molecule has 352 valence electrons. The molecule has 2 atom stereocenters. The third-order valence-corrected chi connectivity index (χ3v) is 22.3. The van der Waals surface area contributed by atoms with Crippen molar-refractivity contribution >= 4 is 42.7 Å². The zero-order valence-electron chi connectivity index (χ0n) is 37.2. The standard InChI is InChI=1S/C43H54F6N2O9S2Si2/c1-40(2,3)63(7,8)59-33(29-17-13-11-14-18-29)25-21-31-23-27-35(57-61(53,54)42(44,45)46)37(50-31)39(52)38-36(58-62(55,56)43(47,48)49)28-24-32(51-38)22-26-34(30-19-15-12-16-20-30)60-64(9,10)41(4,5)6/h11-20,23-24,27-28,33-34H,21-22,25-26H2,1-10H3. The molecule has 0 amide bonds. The van der Waals surface area contributed by atoms with Crippen molar-refractivity contribution in [2.75, 3.05) is 0 Å². The molecule has 0 N–H and O–H groups in total. The second-order valence-corrected chi connectivity index (χ2v) is 30.8. The Morgan fingerprint density at radius 3 is 1.14 bits per heavy atom. The van der Waals surface area contributed by atoms with E-state index in [0.29, 0.717) is 0 Å². The van der Waals surface area contributed by atoms with Gasteiger partial charge >= 0.3 is 31.3 Å². The van der Waals surface area contributed by atoms with Crippen LogP contribution in [0.25, 0.3) is 0 Å². The topological polar surface area (TPSA) is 148 Å². The van der Waals surface area contributed by atoms with Gasteiger partial charge in [0.05, 0.1) is 12.2 Å². The fourth-order valence-electron chi connectivity index (χ4n) is 5.70. The van der Waals surface area contributed by atoms with Gasteiger partial charge in [-0.3, -0.25) is 4.79 Å². The second-order valence-electron chi connectivity index (χ2n) is 18.2. The molecule has 0 radical (unpaired) electrons. The van der Waals surface area contributed by atoms with E-state index in [1.165, 1.54) is 0 Å². The first kappa shape index (κ1) is 52.5. The quantitative estimate of drug-likeness (QED) is 0.0308. The largest absolute Gasteiger partial charge is 0.534 e. The number of pyridine rings is 2. The van der Waals surface area contributed by atoms with Gasteiger partial charge in [0.1, 0.15) is 0 Å². The number of ketones is 1. The number of aromatic nitrogens is 2. The van der Waals surface area contributed by atoms with Crippen LogP contribution in [0, 0.1) is 0 Å². The van der Waals surface area contributed by atoms with Crippen molar-refractivity contribution in [2.45, 2.75) is 127 Å². The van der Waals surface area contributed by atoms with Gasteiger partial charge in [-0.1, -0.05) is 102 Å². The maximum atomic E-state index is 14.5. The van der Waals surface area contributed by atoms with E-state index in [1.807, 2.05) is 128 Å². The van der Waals surface area contributed by atoms with Crippen LogP contribution in [-0.2, 0) is 41.9 Å². The van der Waals surface area contributed by atoms with E-state index in [4.69, 9.17) is 8.85 Å². The molecule has 2 aromatic heterocycles. The second kappa shape index (κ2) is 19.4. The minimum atomic E-state index is -6.45. The molecular weight excluding hydrogens is 923 g/mol. The number of hydrogen-bond donors (Lipinski definition) is 0. The number of rotatable bonds is 18. The van der Waals surface area contributed by atoms with Crippen molar-refractivity contribution in [2.24, 2.45) is 0 Å². The summed E-state index contributed by atoms with van der Waals surface area (Å²) in [7, 11) is -17.8. The van der Waals surface area contributed by atoms with E-state index in [-0.39, 0.29) is 47.1 Å². The molecule has 64 heavy (non-hydrogen) atoms. The number of alkyl halides is 6. The van der Waals surface area contributed by atoms with Crippen LogP contribution < -0.4 is 8.37 Å². The Morgan fingerprint density at radius 1 is 0.547 bits per heavy atom. The van der Waals surface area contributed by atoms with Crippen LogP contribution in [0.5, 0.6) is 11.5 Å². The number of nitrogens with zero attached hydrogens (tertiary/aromatic N) is 2. The van der Waals surface area contributed by atoms with Crippen LogP contribution in [0.2, 0.25) is 36.3 Å². The number of aryl methyl sites for hydroxylation is 2. The van der Waals surface area contributed by atoms with Gasteiger partial charge in [0.2, 0.25) is 5.78 Å². The molecule has 0 aliphatic heterocycles. The molecule has 0 aliphatic carbocycles. The molecule has 4 aromatic rings. The van der Waals surface area contributed by atoms with Crippen LogP contribution in [0.1, 0.15) is 105 Å². The Labute approximate surface area is 373 Å². The SMILES string of the molecule is CC(C)(C)[Si](C)(C)OC(CCc1ccc(OS(=O)(=O)C(F)(F)F)c(C(=O)c2nc(CCC(O[Si](C)(C)C(C)(C)C)c3ccccc3)ccc2OS(=O)(=O)C(F)(F)F)n1)c1ccccc1. The first-order valence-corrected chi connectivity index (χ1v) is 28.8. The molecule has 0 fully saturated rings. The van der Waals surface area contributed by atoms with E-state index < -0.39 is 88.8 Å². The monoisotopic (exact) mass is 976 g/mol. The normalized spacial score (nSPS) is 14.5. The van der Waals surface area contributed by atoms with Gasteiger partial charge in [-0.15, -0.1) is 0 Å². The lowest BCUT2D eigenvalue weighted by molar-refractivity contribution is -0.0504. The van der Waals surface area contributed by atoms with E-state index in [1.54, 1.807) is 0 Å². The van der Waals surface area contributed by atoms with Crippen LogP contribution >= 0.6 is 0 Å². The predicted octanol–water partition coefficient (Wildman–Crippen LogP) is 11.6. The zero-order valence-corrected chi connectivity index (χ0v) is 40.9. The average Bonchev–Trinajstić information content (AvgIpc) is 3.17. The average molecular weight is 977 g/mol. The van der Waals surface area contributed by atoms with Crippen LogP contribution in [-0.4, -0.2) is 60.2 Å². The molecule has 11 nitrogen and oxygen atoms in total. The highest BCUT2D eigenvalue weighted by molar-refractivity contribution is 7.88. The number of hydrogen-bond acceptors (Lipinski definition) is 11. The van der Waals surface area contributed by atoms with E-state index in [9.17, 15) is 48.0 Å². The van der Waals surface area contributed by atoms with E-state index in [0.717, 1.165) is 35.4 Å². The zero-order chi connectivity index (χ0) is 48.3. The molecule has 2 aromatic carbocycles. The lowest BCUT2D eigenvalue weighted by Gasteiger charge is -2.39. The highest BCUT2D eigenvalue weighted by Crippen LogP contribution is 2.43. The molecule has 0 spiro atoms. The van der Waals surface area contributed by atoms with Crippen molar-refractivity contribution < 1.29 is 65.2 Å². The number of halogens is 6. The molecule has 2 heterocycles. The Balaban J connectivity index is 1.86. The maximum absolute atomic E-state index is 14.5. The molecule has 4 rings (SSSR count). The molecule has 21 heteroatoms. The lowest BCUT2D eigenvalue weighted by Crippen LogP contribution is -2.42. The Bertz CT molecular complexity index is 2310.